The van der Waals surface area contributed by atoms with Gasteiger partial charge in [-0.15, -0.1) is 16.4 Å². The van der Waals surface area contributed by atoms with Crippen molar-refractivity contribution in [3.63, 3.8) is 0 Å². The van der Waals surface area contributed by atoms with Crippen LogP contribution in [-0.2, 0) is 38.8 Å². The minimum atomic E-state index is -0.786. The van der Waals surface area contributed by atoms with Crippen LogP contribution >= 0.6 is 11.3 Å². The predicted molar refractivity (Wildman–Crippen MR) is 302 cm³/mol. The zero-order valence-electron chi connectivity index (χ0n) is 47.0. The summed E-state index contributed by atoms with van der Waals surface area (Å²) < 4.78 is 33.1. The number of hydrogen-bond acceptors (Lipinski definition) is 14. The summed E-state index contributed by atoms with van der Waals surface area (Å²) in [7, 11) is 0. The Balaban J connectivity index is 0.683. The number of amides is 4. The molecule has 2 aromatic carbocycles. The molecule has 2 aromatic heterocycles. The Kier molecular flexibility index (Phi) is 17.9. The molecule has 0 radical (unpaired) electrons. The van der Waals surface area contributed by atoms with Gasteiger partial charge < -0.3 is 36.4 Å². The number of nitrogens with one attached hydrogen (secondary N) is 5. The third kappa shape index (κ3) is 14.4. The molecule has 0 aliphatic carbocycles. The molecule has 7 heterocycles. The third-order valence-electron chi connectivity index (χ3n) is 16.6. The molecule has 426 valence electrons. The number of anilines is 1. The van der Waals surface area contributed by atoms with Crippen LogP contribution in [0.2, 0.25) is 0 Å². The molecular formula is C58H80F2N14O4S. The van der Waals surface area contributed by atoms with Crippen LogP contribution in [0.3, 0.4) is 0 Å². The summed E-state index contributed by atoms with van der Waals surface area (Å²) >= 11 is 1.60. The number of hydrogen-bond donors (Lipinski definition) is 5. The number of carbonyl (C=O) groups excluding carboxylic acids is 4. The number of aliphatic imine (C=N–C) groups is 1. The lowest BCUT2D eigenvalue weighted by Crippen LogP contribution is -2.67. The summed E-state index contributed by atoms with van der Waals surface area (Å²) in [6.07, 6.45) is 12.4. The molecule has 9 rings (SSSR count). The van der Waals surface area contributed by atoms with Crippen LogP contribution in [0.5, 0.6) is 0 Å². The Morgan fingerprint density at radius 2 is 1.71 bits per heavy atom. The molecule has 0 bridgehead atoms. The number of aryl methyl sites for hydroxylation is 2. The number of piperazine rings is 1. The van der Waals surface area contributed by atoms with E-state index in [4.69, 9.17) is 0 Å². The van der Waals surface area contributed by atoms with Crippen molar-refractivity contribution in [3.05, 3.63) is 94.2 Å². The molecule has 18 nitrogen and oxygen atoms in total. The first-order chi connectivity index (χ1) is 37.7. The molecule has 5 N–H and O–H groups in total. The SMILES string of the molecule is Cc1ncsc1-c1ccc([C@H](C)NC(=O)[C@@H]2CCCN2C(=O)[C@@H](NC(=O)CCCCCn2cc(CNC3=CC(N4CCC5(CC4)CN(c4cc(F)c(CN6CCC(C)(C)CC6)cc4F)CC(=O)N5)N=CN3)nn2)C(C)(C)C)cc1. The molecule has 4 amide bonds. The Bertz CT molecular complexity index is 2860. The Hall–Kier alpha value is -6.32. The van der Waals surface area contributed by atoms with Crippen molar-refractivity contribution < 1.29 is 28.0 Å². The number of aromatic nitrogens is 4. The number of nitrogens with zero attached hydrogens (tertiary/aromatic N) is 9. The summed E-state index contributed by atoms with van der Waals surface area (Å²) in [5.41, 5.74) is 5.22. The molecule has 0 saturated carbocycles. The highest BCUT2D eigenvalue weighted by Crippen LogP contribution is 2.35. The maximum Gasteiger partial charge on any atom is 0.246 e. The van der Waals surface area contributed by atoms with E-state index >= 15 is 8.78 Å². The van der Waals surface area contributed by atoms with E-state index in [0.29, 0.717) is 83.5 Å². The number of benzene rings is 2. The van der Waals surface area contributed by atoms with E-state index in [-0.39, 0.29) is 59.9 Å². The van der Waals surface area contributed by atoms with Crippen LogP contribution < -0.4 is 31.5 Å². The molecule has 79 heavy (non-hydrogen) atoms. The van der Waals surface area contributed by atoms with Gasteiger partial charge in [0.1, 0.15) is 41.4 Å². The summed E-state index contributed by atoms with van der Waals surface area (Å²) in [5, 5.41) is 24.7. The highest BCUT2D eigenvalue weighted by Gasteiger charge is 2.44. The maximum atomic E-state index is 15.7. The van der Waals surface area contributed by atoms with Crippen molar-refractivity contribution in [2.24, 2.45) is 15.8 Å². The molecule has 4 saturated heterocycles. The second kappa shape index (κ2) is 24.6. The highest BCUT2D eigenvalue weighted by molar-refractivity contribution is 7.13. The van der Waals surface area contributed by atoms with Gasteiger partial charge >= 0.3 is 0 Å². The van der Waals surface area contributed by atoms with Gasteiger partial charge in [-0.3, -0.25) is 38.7 Å². The molecule has 21 heteroatoms. The zero-order chi connectivity index (χ0) is 56.1. The minimum absolute atomic E-state index is 0.0324. The van der Waals surface area contributed by atoms with E-state index in [1.54, 1.807) is 32.2 Å². The number of halogens is 2. The van der Waals surface area contributed by atoms with E-state index in [1.807, 2.05) is 76.7 Å². The lowest BCUT2D eigenvalue weighted by Gasteiger charge is -2.49. The Labute approximate surface area is 467 Å². The normalized spacial score (nSPS) is 21.3. The standard InChI is InChI=1S/C58H80F2N14O4S/c1-38(40-14-16-41(17-15-40)52-39(2)64-37-79-52)65-54(77)46-12-11-23-74(46)55(78)53(56(3,4)5)66-50(75)13-9-8-10-22-73-33-43(68-69-73)31-61-48-30-49(63-36-62-48)71-26-20-58(21-27-71)35-72(34-51(76)67-58)47-29-44(59)42(28-45(47)60)32-70-24-18-57(6,7)19-25-70/h14-17,28-30,33,36-38,46,49,53,61H,8-13,18-27,31-32,34-35H2,1-7H3,(H,62,63)(H,65,77)(H,66,75)(H,67,76)/t38-,46-,49?,53+/m0/s1. The number of piperidine rings is 2. The monoisotopic (exact) mass is 1110 g/mol. The van der Waals surface area contributed by atoms with Crippen LogP contribution in [0.4, 0.5) is 14.5 Å². The number of rotatable bonds is 19. The smallest absolute Gasteiger partial charge is 0.246 e. The van der Waals surface area contributed by atoms with Crippen molar-refractivity contribution in [1.29, 1.82) is 0 Å². The number of carbonyl (C=O) groups is 4. The predicted octanol–water partition coefficient (Wildman–Crippen LogP) is 6.93. The van der Waals surface area contributed by atoms with Gasteiger partial charge in [0.2, 0.25) is 23.6 Å². The molecule has 1 spiro atoms. The fraction of sp³-hybridized carbons (Fsp3) is 0.586. The van der Waals surface area contributed by atoms with Gasteiger partial charge in [-0.2, -0.15) is 0 Å². The van der Waals surface area contributed by atoms with Crippen molar-refractivity contribution in [2.45, 2.75) is 162 Å². The summed E-state index contributed by atoms with van der Waals surface area (Å²) in [6, 6.07) is 9.06. The van der Waals surface area contributed by atoms with Crippen molar-refractivity contribution >= 4 is 47.0 Å². The van der Waals surface area contributed by atoms with Crippen LogP contribution in [-0.4, -0.2) is 134 Å². The van der Waals surface area contributed by atoms with Crippen molar-refractivity contribution in [2.75, 3.05) is 50.7 Å². The topological polar surface area (TPSA) is 197 Å². The van der Waals surface area contributed by atoms with Crippen molar-refractivity contribution in [1.82, 2.24) is 61.3 Å². The number of thiazole rings is 1. The average molecular weight is 1110 g/mol. The van der Waals surface area contributed by atoms with Crippen LogP contribution in [0.1, 0.15) is 134 Å². The van der Waals surface area contributed by atoms with E-state index in [0.717, 1.165) is 72.0 Å². The molecule has 4 fully saturated rings. The lowest BCUT2D eigenvalue weighted by atomic mass is 9.82. The van der Waals surface area contributed by atoms with E-state index < -0.39 is 34.7 Å². The van der Waals surface area contributed by atoms with Gasteiger partial charge in [-0.25, -0.2) is 13.8 Å². The molecule has 1 unspecified atom stereocenters. The fourth-order valence-corrected chi connectivity index (χ4v) is 12.4. The zero-order valence-corrected chi connectivity index (χ0v) is 47.9. The first kappa shape index (κ1) is 57.4. The quantitative estimate of drug-likeness (QED) is 0.0609. The van der Waals surface area contributed by atoms with Gasteiger partial charge in [0, 0.05) is 57.3 Å². The van der Waals surface area contributed by atoms with E-state index in [2.05, 4.69) is 70.5 Å². The summed E-state index contributed by atoms with van der Waals surface area (Å²) in [6.45, 7) is 19.5. The third-order valence-corrected chi connectivity index (χ3v) is 17.5. The average Bonchev–Trinajstić information content (AvgIpc) is 4.30. The maximum absolute atomic E-state index is 15.7. The van der Waals surface area contributed by atoms with Gasteiger partial charge in [0.25, 0.3) is 0 Å². The molecule has 5 aliphatic heterocycles. The van der Waals surface area contributed by atoms with E-state index in [1.165, 1.54) is 12.1 Å². The van der Waals surface area contributed by atoms with Crippen LogP contribution in [0, 0.1) is 29.4 Å². The van der Waals surface area contributed by atoms with E-state index in [9.17, 15) is 19.2 Å². The fourth-order valence-electron chi connectivity index (χ4n) is 11.6. The minimum Gasteiger partial charge on any atom is -0.366 e. The van der Waals surface area contributed by atoms with Gasteiger partial charge in [-0.05, 0) is 112 Å². The highest BCUT2D eigenvalue weighted by atomic mass is 32.1. The molecule has 4 atom stereocenters. The van der Waals surface area contributed by atoms with Gasteiger partial charge in [0.05, 0.1) is 59.0 Å². The first-order valence-electron chi connectivity index (χ1n) is 28.3. The number of likely N-dealkylation sites (tertiary alicyclic amines) is 3. The van der Waals surface area contributed by atoms with Crippen LogP contribution in [0.15, 0.2) is 65.0 Å². The van der Waals surface area contributed by atoms with Gasteiger partial charge in [-0.1, -0.05) is 70.5 Å². The first-order valence-corrected chi connectivity index (χ1v) is 29.1. The number of unbranched alkanes of at least 4 members (excludes halogenated alkanes) is 2. The largest absolute Gasteiger partial charge is 0.366 e. The second-order valence-corrected chi connectivity index (χ2v) is 25.1. The van der Waals surface area contributed by atoms with Gasteiger partial charge in [0.15, 0.2) is 0 Å². The Morgan fingerprint density at radius 3 is 2.43 bits per heavy atom. The Morgan fingerprint density at radius 1 is 0.949 bits per heavy atom. The molecule has 4 aromatic rings. The lowest BCUT2D eigenvalue weighted by molar-refractivity contribution is -0.144. The van der Waals surface area contributed by atoms with Crippen LogP contribution in [0.25, 0.3) is 10.4 Å². The summed E-state index contributed by atoms with van der Waals surface area (Å²) in [4.78, 5) is 72.3. The molecular weight excluding hydrogens is 1030 g/mol. The summed E-state index contributed by atoms with van der Waals surface area (Å²) in [5.74, 6) is -0.995. The molecule has 5 aliphatic rings. The van der Waals surface area contributed by atoms with Crippen molar-refractivity contribution in [3.8, 4) is 10.4 Å². The second-order valence-electron chi connectivity index (χ2n) is 24.3.